The Kier molecular flexibility index (Phi) is 4.83. The van der Waals surface area contributed by atoms with Gasteiger partial charge in [-0.25, -0.2) is 14.2 Å². The predicted molar refractivity (Wildman–Crippen MR) is 105 cm³/mol. The summed E-state index contributed by atoms with van der Waals surface area (Å²) in [6.45, 7) is 6.06. The molecule has 2 unspecified atom stereocenters. The predicted octanol–water partition coefficient (Wildman–Crippen LogP) is 3.66. The summed E-state index contributed by atoms with van der Waals surface area (Å²) in [6.07, 6.45) is 7.61. The van der Waals surface area contributed by atoms with Crippen molar-refractivity contribution < 1.29 is 18.7 Å². The number of halogens is 1. The standard InChI is InChI=1S/C21H27FN4O3/c1-20(2,3)29-19(28)25-9-5-14(11-21(25)6-7-21)18(27)26-17(4-8-24-26)15-10-16(22)13-23-12-15/h8,10,12-14,17H,4-7,9,11H2,1-3H3. The van der Waals surface area contributed by atoms with Crippen LogP contribution < -0.4 is 0 Å². The van der Waals surface area contributed by atoms with Crippen LogP contribution >= 0.6 is 0 Å². The first kappa shape index (κ1) is 19.8. The second kappa shape index (κ2) is 7.07. The fraction of sp³-hybridized carbons (Fsp3) is 0.619. The number of amides is 2. The van der Waals surface area contributed by atoms with Crippen LogP contribution in [0.2, 0.25) is 0 Å². The maximum absolute atomic E-state index is 13.6. The number of nitrogens with zero attached hydrogens (tertiary/aromatic N) is 4. The summed E-state index contributed by atoms with van der Waals surface area (Å²) in [5, 5.41) is 5.74. The molecule has 2 aliphatic heterocycles. The monoisotopic (exact) mass is 402 g/mol. The lowest BCUT2D eigenvalue weighted by molar-refractivity contribution is -0.140. The summed E-state index contributed by atoms with van der Waals surface area (Å²) in [5.74, 6) is -0.706. The van der Waals surface area contributed by atoms with Crippen molar-refractivity contribution in [2.24, 2.45) is 11.0 Å². The molecule has 1 spiro atoms. The van der Waals surface area contributed by atoms with Gasteiger partial charge in [-0.15, -0.1) is 0 Å². The van der Waals surface area contributed by atoms with Crippen LogP contribution in [-0.4, -0.2) is 50.8 Å². The molecule has 29 heavy (non-hydrogen) atoms. The molecule has 1 aromatic rings. The lowest BCUT2D eigenvalue weighted by Crippen LogP contribution is -2.52. The summed E-state index contributed by atoms with van der Waals surface area (Å²) < 4.78 is 19.2. The van der Waals surface area contributed by atoms with Crippen molar-refractivity contribution >= 4 is 18.2 Å². The Morgan fingerprint density at radius 1 is 1.28 bits per heavy atom. The summed E-state index contributed by atoms with van der Waals surface area (Å²) in [7, 11) is 0. The molecule has 0 N–H and O–H groups in total. The fourth-order valence-corrected chi connectivity index (χ4v) is 4.32. The highest BCUT2D eigenvalue weighted by molar-refractivity contribution is 5.82. The van der Waals surface area contributed by atoms with Crippen LogP contribution in [0.5, 0.6) is 0 Å². The van der Waals surface area contributed by atoms with E-state index in [0.29, 0.717) is 31.4 Å². The Morgan fingerprint density at radius 3 is 2.69 bits per heavy atom. The molecule has 0 aromatic carbocycles. The van der Waals surface area contributed by atoms with Crippen molar-refractivity contribution in [1.82, 2.24) is 14.9 Å². The Hall–Kier alpha value is -2.51. The van der Waals surface area contributed by atoms with Crippen LogP contribution in [0.4, 0.5) is 9.18 Å². The van der Waals surface area contributed by atoms with Gasteiger partial charge in [0, 0.05) is 36.8 Å². The number of hydrogen-bond acceptors (Lipinski definition) is 5. The molecule has 2 amide bonds. The number of pyridine rings is 1. The molecule has 0 bridgehead atoms. The second-order valence-electron chi connectivity index (χ2n) is 9.21. The number of rotatable bonds is 2. The van der Waals surface area contributed by atoms with Gasteiger partial charge < -0.3 is 9.64 Å². The van der Waals surface area contributed by atoms with Gasteiger partial charge >= 0.3 is 6.09 Å². The van der Waals surface area contributed by atoms with Gasteiger partial charge in [-0.05, 0) is 58.1 Å². The third kappa shape index (κ3) is 3.97. The zero-order valence-electron chi connectivity index (χ0n) is 17.1. The highest BCUT2D eigenvalue weighted by Gasteiger charge is 2.56. The van der Waals surface area contributed by atoms with E-state index < -0.39 is 11.4 Å². The molecule has 1 aromatic heterocycles. The van der Waals surface area contributed by atoms with Crippen molar-refractivity contribution in [3.63, 3.8) is 0 Å². The van der Waals surface area contributed by atoms with E-state index >= 15 is 0 Å². The summed E-state index contributed by atoms with van der Waals surface area (Å²) in [4.78, 5) is 31.6. The zero-order chi connectivity index (χ0) is 20.8. The maximum Gasteiger partial charge on any atom is 0.410 e. The molecule has 0 radical (unpaired) electrons. The van der Waals surface area contributed by atoms with E-state index in [-0.39, 0.29) is 29.5 Å². The van der Waals surface area contributed by atoms with E-state index in [1.165, 1.54) is 11.1 Å². The van der Waals surface area contributed by atoms with Gasteiger partial charge in [0.15, 0.2) is 0 Å². The Morgan fingerprint density at radius 2 is 2.03 bits per heavy atom. The highest BCUT2D eigenvalue weighted by atomic mass is 19.1. The van der Waals surface area contributed by atoms with Gasteiger partial charge in [0.2, 0.25) is 5.91 Å². The van der Waals surface area contributed by atoms with Gasteiger partial charge in [-0.3, -0.25) is 9.78 Å². The molecule has 8 heteroatoms. The first-order valence-electron chi connectivity index (χ1n) is 10.2. The van der Waals surface area contributed by atoms with Crippen LogP contribution in [0.1, 0.15) is 64.5 Å². The van der Waals surface area contributed by atoms with Crippen LogP contribution in [0.15, 0.2) is 23.6 Å². The number of carbonyl (C=O) groups excluding carboxylic acids is 2. The van der Waals surface area contributed by atoms with Gasteiger partial charge in [0.1, 0.15) is 11.4 Å². The number of ether oxygens (including phenoxy) is 1. The molecule has 156 valence electrons. The zero-order valence-corrected chi connectivity index (χ0v) is 17.1. The minimum atomic E-state index is -0.545. The average molecular weight is 402 g/mol. The first-order valence-corrected chi connectivity index (χ1v) is 10.2. The lowest BCUT2D eigenvalue weighted by atomic mass is 9.88. The van der Waals surface area contributed by atoms with Crippen LogP contribution in [0, 0.1) is 11.7 Å². The minimum absolute atomic E-state index is 0.0666. The smallest absolute Gasteiger partial charge is 0.410 e. The van der Waals surface area contributed by atoms with E-state index in [2.05, 4.69) is 10.1 Å². The number of hydrazone groups is 1. The summed E-state index contributed by atoms with van der Waals surface area (Å²) in [5.41, 5.74) is -0.181. The molecule has 1 saturated carbocycles. The van der Waals surface area contributed by atoms with Crippen LogP contribution in [0.3, 0.4) is 0 Å². The van der Waals surface area contributed by atoms with Gasteiger partial charge in [-0.1, -0.05) is 0 Å². The van der Waals surface area contributed by atoms with Gasteiger partial charge in [0.25, 0.3) is 0 Å². The molecule has 7 nitrogen and oxygen atoms in total. The Labute approximate surface area is 169 Å². The summed E-state index contributed by atoms with van der Waals surface area (Å²) >= 11 is 0. The Balaban J connectivity index is 1.46. The maximum atomic E-state index is 13.6. The van der Waals surface area contributed by atoms with Crippen molar-refractivity contribution in [2.75, 3.05) is 6.54 Å². The first-order chi connectivity index (χ1) is 13.7. The normalized spacial score (nSPS) is 25.4. The fourth-order valence-electron chi connectivity index (χ4n) is 4.32. The van der Waals surface area contributed by atoms with Gasteiger partial charge in [0.05, 0.1) is 12.2 Å². The lowest BCUT2D eigenvalue weighted by Gasteiger charge is -2.41. The largest absolute Gasteiger partial charge is 0.444 e. The molecule has 2 atom stereocenters. The molecule has 1 saturated heterocycles. The number of carbonyl (C=O) groups is 2. The Bertz CT molecular complexity index is 847. The third-order valence-electron chi connectivity index (χ3n) is 5.86. The van der Waals surface area contributed by atoms with E-state index in [4.69, 9.17) is 4.74 Å². The molecule has 1 aliphatic carbocycles. The van der Waals surface area contributed by atoms with Crippen LogP contribution in [-0.2, 0) is 9.53 Å². The number of hydrogen-bond donors (Lipinski definition) is 0. The third-order valence-corrected chi connectivity index (χ3v) is 5.86. The SMILES string of the molecule is CC(C)(C)OC(=O)N1CCC(C(=O)N2N=CCC2c2cncc(F)c2)CC12CC2. The minimum Gasteiger partial charge on any atom is -0.444 e. The molecule has 3 heterocycles. The van der Waals surface area contributed by atoms with Crippen molar-refractivity contribution in [3.8, 4) is 0 Å². The van der Waals surface area contributed by atoms with Gasteiger partial charge in [-0.2, -0.15) is 5.10 Å². The van der Waals surface area contributed by atoms with E-state index in [1.807, 2.05) is 25.7 Å². The van der Waals surface area contributed by atoms with Crippen molar-refractivity contribution in [2.45, 2.75) is 70.1 Å². The number of aromatic nitrogens is 1. The highest BCUT2D eigenvalue weighted by Crippen LogP contribution is 2.51. The molecule has 4 rings (SSSR count). The number of piperidine rings is 1. The van der Waals surface area contributed by atoms with E-state index in [1.54, 1.807) is 12.4 Å². The second-order valence-corrected chi connectivity index (χ2v) is 9.21. The molecule has 3 aliphatic rings. The molecular weight excluding hydrogens is 375 g/mol. The average Bonchev–Trinajstić information content (AvgIpc) is 3.22. The summed E-state index contributed by atoms with van der Waals surface area (Å²) in [6, 6.07) is 1.07. The van der Waals surface area contributed by atoms with Crippen LogP contribution in [0.25, 0.3) is 0 Å². The number of likely N-dealkylation sites (tertiary alicyclic amines) is 1. The van der Waals surface area contributed by atoms with Crippen molar-refractivity contribution in [3.05, 3.63) is 29.8 Å². The molecule has 2 fully saturated rings. The van der Waals surface area contributed by atoms with E-state index in [9.17, 15) is 14.0 Å². The quantitative estimate of drug-likeness (QED) is 0.757. The van der Waals surface area contributed by atoms with E-state index in [0.717, 1.165) is 19.0 Å². The molecular formula is C21H27FN4O3. The van der Waals surface area contributed by atoms with Crippen molar-refractivity contribution in [1.29, 1.82) is 0 Å². The topological polar surface area (TPSA) is 75.1 Å².